The second-order valence-electron chi connectivity index (χ2n) is 3.47. The Balaban J connectivity index is 2.04. The van der Waals surface area contributed by atoms with Gasteiger partial charge in [-0.3, -0.25) is 0 Å². The maximum absolute atomic E-state index is 10.8. The molecular formula is C12H11NO3S. The molecule has 1 heterocycles. The van der Waals surface area contributed by atoms with E-state index in [1.165, 1.54) is 12.1 Å². The molecular weight excluding hydrogens is 238 g/mol. The fraction of sp³-hybridized carbons (Fsp3) is 0.167. The van der Waals surface area contributed by atoms with Crippen LogP contribution in [0.3, 0.4) is 0 Å². The van der Waals surface area contributed by atoms with E-state index in [1.54, 1.807) is 29.7 Å². The van der Waals surface area contributed by atoms with Gasteiger partial charge >= 0.3 is 5.97 Å². The third-order valence-corrected chi connectivity index (χ3v) is 3.02. The molecule has 4 nitrogen and oxygen atoms in total. The molecule has 0 aliphatic heterocycles. The molecule has 2 aromatic rings. The van der Waals surface area contributed by atoms with Crippen LogP contribution in [-0.4, -0.2) is 16.1 Å². The van der Waals surface area contributed by atoms with Crippen molar-refractivity contribution in [2.45, 2.75) is 13.5 Å². The summed E-state index contributed by atoms with van der Waals surface area (Å²) in [6.45, 7) is 2.34. The van der Waals surface area contributed by atoms with Gasteiger partial charge in [-0.25, -0.2) is 9.78 Å². The minimum absolute atomic E-state index is 0.225. The van der Waals surface area contributed by atoms with Crippen molar-refractivity contribution in [1.29, 1.82) is 0 Å². The van der Waals surface area contributed by atoms with Crippen molar-refractivity contribution in [2.75, 3.05) is 0 Å². The molecule has 0 aliphatic carbocycles. The lowest BCUT2D eigenvalue weighted by Crippen LogP contribution is -1.98. The van der Waals surface area contributed by atoms with Crippen LogP contribution < -0.4 is 4.74 Å². The number of ether oxygens (including phenoxy) is 1. The van der Waals surface area contributed by atoms with E-state index in [0.717, 1.165) is 9.88 Å². The smallest absolute Gasteiger partial charge is 0.335 e. The summed E-state index contributed by atoms with van der Waals surface area (Å²) >= 11 is 1.57. The Hall–Kier alpha value is -1.88. The first-order valence-corrected chi connectivity index (χ1v) is 5.84. The number of aromatic carboxylic acids is 1. The maximum Gasteiger partial charge on any atom is 0.335 e. The Morgan fingerprint density at radius 2 is 2.35 bits per heavy atom. The van der Waals surface area contributed by atoms with Crippen molar-refractivity contribution in [1.82, 2.24) is 4.98 Å². The molecule has 17 heavy (non-hydrogen) atoms. The zero-order valence-electron chi connectivity index (χ0n) is 9.21. The van der Waals surface area contributed by atoms with Crippen LogP contribution in [0, 0.1) is 6.92 Å². The molecule has 0 bridgehead atoms. The monoisotopic (exact) mass is 249 g/mol. The van der Waals surface area contributed by atoms with Gasteiger partial charge in [0.1, 0.15) is 12.4 Å². The van der Waals surface area contributed by atoms with Gasteiger partial charge in [0.2, 0.25) is 0 Å². The number of thiazole rings is 1. The first kappa shape index (κ1) is 11.6. The van der Waals surface area contributed by atoms with Crippen molar-refractivity contribution in [3.8, 4) is 5.75 Å². The van der Waals surface area contributed by atoms with Crippen molar-refractivity contribution in [2.24, 2.45) is 0 Å². The van der Waals surface area contributed by atoms with E-state index in [9.17, 15) is 4.79 Å². The van der Waals surface area contributed by atoms with Crippen LogP contribution in [0.25, 0.3) is 0 Å². The molecule has 0 spiro atoms. The fourth-order valence-electron chi connectivity index (χ4n) is 1.35. The highest BCUT2D eigenvalue weighted by molar-refractivity contribution is 7.11. The highest BCUT2D eigenvalue weighted by Gasteiger charge is 2.04. The topological polar surface area (TPSA) is 59.4 Å². The molecule has 0 saturated carbocycles. The highest BCUT2D eigenvalue weighted by atomic mass is 32.1. The molecule has 0 amide bonds. The van der Waals surface area contributed by atoms with E-state index in [2.05, 4.69) is 4.98 Å². The predicted octanol–water partition coefficient (Wildman–Crippen LogP) is 2.73. The molecule has 0 aliphatic rings. The average molecular weight is 249 g/mol. The van der Waals surface area contributed by atoms with Crippen LogP contribution in [0.2, 0.25) is 0 Å². The molecule has 1 N–H and O–H groups in total. The predicted molar refractivity (Wildman–Crippen MR) is 64.6 cm³/mol. The minimum Gasteiger partial charge on any atom is -0.488 e. The van der Waals surface area contributed by atoms with Gasteiger partial charge in [0, 0.05) is 6.20 Å². The largest absolute Gasteiger partial charge is 0.488 e. The molecule has 0 fully saturated rings. The number of hydrogen-bond acceptors (Lipinski definition) is 4. The van der Waals surface area contributed by atoms with Crippen LogP contribution >= 0.6 is 11.3 Å². The van der Waals surface area contributed by atoms with Gasteiger partial charge < -0.3 is 9.84 Å². The summed E-state index contributed by atoms with van der Waals surface area (Å²) in [5.74, 6) is -0.403. The molecule has 1 aromatic heterocycles. The van der Waals surface area contributed by atoms with E-state index in [1.807, 2.05) is 6.92 Å². The lowest BCUT2D eigenvalue weighted by molar-refractivity contribution is 0.0696. The van der Waals surface area contributed by atoms with E-state index in [-0.39, 0.29) is 5.56 Å². The molecule has 2 rings (SSSR count). The number of aromatic nitrogens is 1. The van der Waals surface area contributed by atoms with Crippen LogP contribution in [0.4, 0.5) is 0 Å². The number of carbonyl (C=O) groups is 1. The lowest BCUT2D eigenvalue weighted by atomic mass is 10.2. The Bertz CT molecular complexity index is 536. The summed E-state index contributed by atoms with van der Waals surface area (Å²) < 4.78 is 5.50. The van der Waals surface area contributed by atoms with E-state index >= 15 is 0 Å². The molecule has 0 unspecified atom stereocenters. The first-order chi connectivity index (χ1) is 8.15. The number of benzene rings is 1. The third-order valence-electron chi connectivity index (χ3n) is 2.13. The number of aryl methyl sites for hydroxylation is 1. The van der Waals surface area contributed by atoms with Crippen LogP contribution in [0.1, 0.15) is 20.2 Å². The van der Waals surface area contributed by atoms with E-state index in [4.69, 9.17) is 9.84 Å². The molecule has 0 atom stereocenters. The van der Waals surface area contributed by atoms with Gasteiger partial charge in [0.05, 0.1) is 15.4 Å². The molecule has 0 saturated heterocycles. The van der Waals surface area contributed by atoms with Crippen molar-refractivity contribution < 1.29 is 14.6 Å². The second-order valence-corrected chi connectivity index (χ2v) is 4.79. The van der Waals surface area contributed by atoms with Crippen molar-refractivity contribution in [3.05, 3.63) is 45.9 Å². The van der Waals surface area contributed by atoms with Gasteiger partial charge in [-0.05, 0) is 25.1 Å². The van der Waals surface area contributed by atoms with Crippen molar-refractivity contribution in [3.63, 3.8) is 0 Å². The first-order valence-electron chi connectivity index (χ1n) is 5.02. The lowest BCUT2D eigenvalue weighted by Gasteiger charge is -2.04. The number of carboxylic acids is 1. The summed E-state index contributed by atoms with van der Waals surface area (Å²) in [7, 11) is 0. The summed E-state index contributed by atoms with van der Waals surface area (Å²) in [6, 6.07) is 6.44. The summed E-state index contributed by atoms with van der Waals surface area (Å²) in [4.78, 5) is 15.9. The average Bonchev–Trinajstić information content (AvgIpc) is 2.73. The summed E-state index contributed by atoms with van der Waals surface area (Å²) in [5.41, 5.74) is 0.225. The van der Waals surface area contributed by atoms with E-state index in [0.29, 0.717) is 12.4 Å². The Morgan fingerprint density at radius 1 is 1.53 bits per heavy atom. The molecule has 5 heteroatoms. The van der Waals surface area contributed by atoms with Crippen LogP contribution in [0.15, 0.2) is 30.5 Å². The molecule has 88 valence electrons. The zero-order chi connectivity index (χ0) is 12.3. The fourth-order valence-corrected chi connectivity index (χ4v) is 2.05. The Kier molecular flexibility index (Phi) is 3.39. The molecule has 0 radical (unpaired) electrons. The number of carboxylic acid groups (broad SMARTS) is 1. The van der Waals surface area contributed by atoms with Crippen LogP contribution in [0.5, 0.6) is 5.75 Å². The minimum atomic E-state index is -0.955. The molecule has 1 aromatic carbocycles. The highest BCUT2D eigenvalue weighted by Crippen LogP contribution is 2.17. The van der Waals surface area contributed by atoms with E-state index < -0.39 is 5.97 Å². The summed E-state index contributed by atoms with van der Waals surface area (Å²) in [5, 5.41) is 9.82. The number of hydrogen-bond donors (Lipinski definition) is 1. The Labute approximate surface area is 103 Å². The normalized spacial score (nSPS) is 10.2. The van der Waals surface area contributed by atoms with Gasteiger partial charge in [0.15, 0.2) is 0 Å². The number of rotatable bonds is 4. The standard InChI is InChI=1S/C12H11NO3S/c1-8-13-6-11(17-8)7-16-10-4-2-3-9(5-10)12(14)15/h2-6H,7H2,1H3,(H,14,15). The summed E-state index contributed by atoms with van der Waals surface area (Å²) in [6.07, 6.45) is 1.76. The van der Waals surface area contributed by atoms with Crippen LogP contribution in [-0.2, 0) is 6.61 Å². The van der Waals surface area contributed by atoms with Crippen molar-refractivity contribution >= 4 is 17.3 Å². The zero-order valence-corrected chi connectivity index (χ0v) is 10.0. The number of nitrogens with zero attached hydrogens (tertiary/aromatic N) is 1. The SMILES string of the molecule is Cc1ncc(COc2cccc(C(=O)O)c2)s1. The van der Waals surface area contributed by atoms with Gasteiger partial charge in [-0.1, -0.05) is 6.07 Å². The van der Waals surface area contributed by atoms with Gasteiger partial charge in [-0.2, -0.15) is 0 Å². The van der Waals surface area contributed by atoms with Gasteiger partial charge in [0.25, 0.3) is 0 Å². The van der Waals surface area contributed by atoms with Gasteiger partial charge in [-0.15, -0.1) is 11.3 Å². The third kappa shape index (κ3) is 3.04. The Morgan fingerprint density at radius 3 is 3.00 bits per heavy atom. The second kappa shape index (κ2) is 4.97. The quantitative estimate of drug-likeness (QED) is 0.905. The maximum atomic E-state index is 10.8.